The van der Waals surface area contributed by atoms with E-state index in [1.54, 1.807) is 6.07 Å². The number of tetrazole rings is 1. The van der Waals surface area contributed by atoms with Crippen molar-refractivity contribution in [2.24, 2.45) is 0 Å². The Kier molecular flexibility index (Phi) is 3.90. The first-order chi connectivity index (χ1) is 11.1. The highest BCUT2D eigenvalue weighted by molar-refractivity contribution is 6.31. The van der Waals surface area contributed by atoms with Crippen LogP contribution in [0.3, 0.4) is 0 Å². The molecule has 9 heteroatoms. The lowest BCUT2D eigenvalue weighted by molar-refractivity contribution is 0.0996. The van der Waals surface area contributed by atoms with Crippen LogP contribution in [0.1, 0.15) is 10.6 Å². The van der Waals surface area contributed by atoms with Crippen LogP contribution in [0.25, 0.3) is 17.5 Å². The fourth-order valence-electron chi connectivity index (χ4n) is 1.78. The molecule has 7 nitrogen and oxygen atoms in total. The second kappa shape index (κ2) is 6.01. The number of nitrogens with zero attached hydrogens (tertiary/aromatic N) is 4. The number of amides is 1. The van der Waals surface area contributed by atoms with Gasteiger partial charge in [0.1, 0.15) is 11.6 Å². The number of furan rings is 1. The summed E-state index contributed by atoms with van der Waals surface area (Å²) in [4.78, 5) is 13.1. The molecule has 1 amide bonds. The van der Waals surface area contributed by atoms with Crippen LogP contribution in [0.4, 0.5) is 10.3 Å². The molecule has 0 spiro atoms. The van der Waals surface area contributed by atoms with Crippen molar-refractivity contribution in [2.75, 3.05) is 5.32 Å². The lowest BCUT2D eigenvalue weighted by Gasteiger charge is -1.99. The van der Waals surface area contributed by atoms with E-state index in [4.69, 9.17) is 16.0 Å². The summed E-state index contributed by atoms with van der Waals surface area (Å²) in [6, 6.07) is 7.18. The number of anilines is 1. The van der Waals surface area contributed by atoms with Gasteiger partial charge in [0.05, 0.1) is 5.02 Å². The summed E-state index contributed by atoms with van der Waals surface area (Å²) in [5.41, 5.74) is 0.547. The largest absolute Gasteiger partial charge is 0.451 e. The topological polar surface area (TPSA) is 85.8 Å². The number of benzene rings is 1. The van der Waals surface area contributed by atoms with Crippen molar-refractivity contribution in [1.82, 2.24) is 20.2 Å². The van der Waals surface area contributed by atoms with Crippen molar-refractivity contribution in [3.8, 4) is 11.3 Å². The van der Waals surface area contributed by atoms with Gasteiger partial charge in [0.2, 0.25) is 0 Å². The van der Waals surface area contributed by atoms with E-state index in [0.717, 1.165) is 4.80 Å². The van der Waals surface area contributed by atoms with Crippen LogP contribution in [-0.4, -0.2) is 26.1 Å². The molecule has 1 aromatic carbocycles. The standard InChI is InChI=1S/C14H9ClFN5O2/c1-2-21-19-14(18-20-21)17-13(22)12-6-5-11(23-12)8-3-4-10(16)9(15)7-8/h2-7H,1H2,(H,17,19,22). The van der Waals surface area contributed by atoms with E-state index in [1.807, 2.05) is 0 Å². The lowest BCUT2D eigenvalue weighted by Crippen LogP contribution is -2.12. The molecule has 0 bridgehead atoms. The molecular formula is C14H9ClFN5O2. The molecule has 0 aliphatic carbocycles. The summed E-state index contributed by atoms with van der Waals surface area (Å²) in [6.45, 7) is 3.46. The minimum absolute atomic E-state index is 0.0117. The van der Waals surface area contributed by atoms with E-state index in [1.165, 1.54) is 30.5 Å². The van der Waals surface area contributed by atoms with Gasteiger partial charge >= 0.3 is 0 Å². The molecule has 116 valence electrons. The quantitative estimate of drug-likeness (QED) is 0.793. The predicted molar refractivity (Wildman–Crippen MR) is 81.3 cm³/mol. The van der Waals surface area contributed by atoms with Crippen LogP contribution >= 0.6 is 11.6 Å². The summed E-state index contributed by atoms with van der Waals surface area (Å²) in [5.74, 6) is -0.655. The molecule has 23 heavy (non-hydrogen) atoms. The lowest BCUT2D eigenvalue weighted by atomic mass is 10.2. The Labute approximate surface area is 134 Å². The van der Waals surface area contributed by atoms with Gasteiger partial charge in [-0.15, -0.1) is 9.90 Å². The molecule has 0 atom stereocenters. The normalized spacial score (nSPS) is 10.5. The van der Waals surface area contributed by atoms with Crippen molar-refractivity contribution >= 4 is 29.7 Å². The minimum atomic E-state index is -0.548. The van der Waals surface area contributed by atoms with Crippen LogP contribution in [0.2, 0.25) is 5.02 Å². The Morgan fingerprint density at radius 2 is 2.22 bits per heavy atom. The van der Waals surface area contributed by atoms with Crippen molar-refractivity contribution < 1.29 is 13.6 Å². The number of rotatable bonds is 4. The first-order valence-corrected chi connectivity index (χ1v) is 6.73. The molecule has 0 unspecified atom stereocenters. The summed E-state index contributed by atoms with van der Waals surface area (Å²) in [7, 11) is 0. The van der Waals surface area contributed by atoms with Gasteiger partial charge in [0, 0.05) is 11.8 Å². The second-order valence-electron chi connectivity index (χ2n) is 4.36. The third-order valence-corrected chi connectivity index (χ3v) is 3.14. The Morgan fingerprint density at radius 3 is 2.91 bits per heavy atom. The van der Waals surface area contributed by atoms with Gasteiger partial charge < -0.3 is 4.42 Å². The number of carbonyl (C=O) groups is 1. The van der Waals surface area contributed by atoms with Gasteiger partial charge in [-0.3, -0.25) is 10.1 Å². The highest BCUT2D eigenvalue weighted by atomic mass is 35.5. The predicted octanol–water partition coefficient (Wildman–Crippen LogP) is 3.08. The smallest absolute Gasteiger partial charge is 0.293 e. The van der Waals surface area contributed by atoms with Crippen molar-refractivity contribution in [3.05, 3.63) is 53.5 Å². The van der Waals surface area contributed by atoms with Crippen molar-refractivity contribution in [3.63, 3.8) is 0 Å². The molecular weight excluding hydrogens is 325 g/mol. The molecule has 2 heterocycles. The fourth-order valence-corrected chi connectivity index (χ4v) is 1.96. The Balaban J connectivity index is 1.79. The van der Waals surface area contributed by atoms with E-state index in [-0.39, 0.29) is 16.7 Å². The zero-order valence-electron chi connectivity index (χ0n) is 11.5. The van der Waals surface area contributed by atoms with Crippen LogP contribution in [-0.2, 0) is 0 Å². The van der Waals surface area contributed by atoms with Gasteiger partial charge in [0.15, 0.2) is 5.76 Å². The average molecular weight is 334 g/mol. The van der Waals surface area contributed by atoms with E-state index in [0.29, 0.717) is 11.3 Å². The molecule has 1 N–H and O–H groups in total. The number of carbonyl (C=O) groups excluding carboxylic acids is 1. The molecule has 0 saturated carbocycles. The molecule has 0 radical (unpaired) electrons. The van der Waals surface area contributed by atoms with Gasteiger partial charge in [0.25, 0.3) is 11.9 Å². The maximum absolute atomic E-state index is 13.2. The maximum Gasteiger partial charge on any atom is 0.293 e. The zero-order valence-corrected chi connectivity index (χ0v) is 12.3. The molecule has 0 aliphatic rings. The van der Waals surface area contributed by atoms with Crippen LogP contribution in [0, 0.1) is 5.82 Å². The molecule has 0 aliphatic heterocycles. The SMILES string of the molecule is C=Cn1nnc(NC(=O)c2ccc(-c3ccc(F)c(Cl)c3)o2)n1. The average Bonchev–Trinajstić information content (AvgIpc) is 3.19. The fraction of sp³-hybridized carbons (Fsp3) is 0. The number of nitrogens with one attached hydrogen (secondary N) is 1. The van der Waals surface area contributed by atoms with Crippen molar-refractivity contribution in [1.29, 1.82) is 0 Å². The van der Waals surface area contributed by atoms with Gasteiger partial charge in [-0.2, -0.15) is 0 Å². The van der Waals surface area contributed by atoms with Crippen molar-refractivity contribution in [2.45, 2.75) is 0 Å². The summed E-state index contributed by atoms with van der Waals surface area (Å²) >= 11 is 5.73. The Hall–Kier alpha value is -3.00. The monoisotopic (exact) mass is 333 g/mol. The van der Waals surface area contributed by atoms with E-state index >= 15 is 0 Å². The van der Waals surface area contributed by atoms with Crippen LogP contribution < -0.4 is 5.32 Å². The zero-order chi connectivity index (χ0) is 16.4. The molecule has 3 aromatic rings. The second-order valence-corrected chi connectivity index (χ2v) is 4.77. The van der Waals surface area contributed by atoms with Gasteiger partial charge in [-0.05, 0) is 35.5 Å². The first-order valence-electron chi connectivity index (χ1n) is 6.35. The molecule has 3 rings (SSSR count). The molecule has 0 saturated heterocycles. The van der Waals surface area contributed by atoms with Crippen LogP contribution in [0.5, 0.6) is 0 Å². The third-order valence-electron chi connectivity index (χ3n) is 2.85. The first kappa shape index (κ1) is 14.9. The third kappa shape index (κ3) is 3.11. The maximum atomic E-state index is 13.2. The molecule has 2 aromatic heterocycles. The van der Waals surface area contributed by atoms with E-state index < -0.39 is 11.7 Å². The summed E-state index contributed by atoms with van der Waals surface area (Å²) in [5, 5.41) is 13.4. The Bertz CT molecular complexity index is 889. The van der Waals surface area contributed by atoms with Crippen LogP contribution in [0.15, 0.2) is 41.3 Å². The van der Waals surface area contributed by atoms with Gasteiger partial charge in [-0.25, -0.2) is 4.39 Å². The number of halogens is 2. The van der Waals surface area contributed by atoms with Gasteiger partial charge in [-0.1, -0.05) is 23.3 Å². The molecule has 0 fully saturated rings. The summed E-state index contributed by atoms with van der Waals surface area (Å²) in [6.07, 6.45) is 1.33. The Morgan fingerprint density at radius 1 is 1.39 bits per heavy atom. The highest BCUT2D eigenvalue weighted by Gasteiger charge is 2.15. The number of hydrogen-bond donors (Lipinski definition) is 1. The summed E-state index contributed by atoms with van der Waals surface area (Å²) < 4.78 is 18.6. The highest BCUT2D eigenvalue weighted by Crippen LogP contribution is 2.26. The minimum Gasteiger partial charge on any atom is -0.451 e. The number of aromatic nitrogens is 4. The van der Waals surface area contributed by atoms with E-state index in [2.05, 4.69) is 27.3 Å². The van der Waals surface area contributed by atoms with E-state index in [9.17, 15) is 9.18 Å². The number of hydrogen-bond acceptors (Lipinski definition) is 5.